The molecule has 4 rings (SSSR count). The molecule has 0 radical (unpaired) electrons. The highest BCUT2D eigenvalue weighted by atomic mass is 32.1. The number of nitrogens with one attached hydrogen (secondary N) is 1. The molecule has 6 heteroatoms. The van der Waals surface area contributed by atoms with Gasteiger partial charge in [0.1, 0.15) is 10.8 Å². The van der Waals surface area contributed by atoms with Crippen LogP contribution in [-0.2, 0) is 0 Å². The molecule has 2 amide bonds. The number of rotatable bonds is 4. The van der Waals surface area contributed by atoms with Crippen molar-refractivity contribution < 1.29 is 9.53 Å². The first-order chi connectivity index (χ1) is 12.2. The van der Waals surface area contributed by atoms with Crippen LogP contribution in [0.25, 0.3) is 20.8 Å². The number of nitrogens with zero attached hydrogens (tertiary/aromatic N) is 2. The Morgan fingerprint density at radius 2 is 2.04 bits per heavy atom. The fraction of sp³-hybridized carbons (Fsp3) is 0.263. The van der Waals surface area contributed by atoms with E-state index in [9.17, 15) is 4.79 Å². The van der Waals surface area contributed by atoms with Crippen molar-refractivity contribution >= 4 is 33.3 Å². The van der Waals surface area contributed by atoms with Crippen LogP contribution < -0.4 is 10.1 Å². The fourth-order valence-electron chi connectivity index (χ4n) is 2.70. The van der Waals surface area contributed by atoms with E-state index in [0.29, 0.717) is 6.61 Å². The molecular formula is C19H19N3O2S. The zero-order valence-corrected chi connectivity index (χ0v) is 14.8. The number of benzene rings is 2. The number of anilines is 1. The van der Waals surface area contributed by atoms with E-state index in [1.165, 1.54) is 0 Å². The Bertz CT molecular complexity index is 901. The van der Waals surface area contributed by atoms with Crippen LogP contribution in [0.4, 0.5) is 10.5 Å². The van der Waals surface area contributed by atoms with Gasteiger partial charge < -0.3 is 15.0 Å². The summed E-state index contributed by atoms with van der Waals surface area (Å²) in [6.07, 6.45) is 1.09. The predicted octanol–water partition coefficient (Wildman–Crippen LogP) is 4.60. The van der Waals surface area contributed by atoms with E-state index in [2.05, 4.69) is 5.32 Å². The number of thiazole rings is 1. The maximum atomic E-state index is 11.9. The minimum absolute atomic E-state index is 0.0255. The summed E-state index contributed by atoms with van der Waals surface area (Å²) >= 11 is 1.64. The molecule has 3 aromatic rings. The molecule has 1 aliphatic rings. The van der Waals surface area contributed by atoms with Gasteiger partial charge in [0.05, 0.1) is 16.8 Å². The van der Waals surface area contributed by atoms with Crippen LogP contribution in [-0.4, -0.2) is 35.6 Å². The number of likely N-dealkylation sites (tertiary alicyclic amines) is 1. The van der Waals surface area contributed by atoms with E-state index in [4.69, 9.17) is 9.72 Å². The SMILES string of the molecule is CCOc1ccc2nc(-c3ccc(NC(=O)N4CCC4)cc3)sc2c1. The van der Waals surface area contributed by atoms with Crippen molar-refractivity contribution in [1.82, 2.24) is 9.88 Å². The largest absolute Gasteiger partial charge is 0.494 e. The lowest BCUT2D eigenvalue weighted by molar-refractivity contribution is 0.181. The average Bonchev–Trinajstić information content (AvgIpc) is 2.97. The number of fused-ring (bicyclic) bond motifs is 1. The van der Waals surface area contributed by atoms with E-state index in [1.54, 1.807) is 16.2 Å². The molecule has 0 bridgehead atoms. The second-order valence-electron chi connectivity index (χ2n) is 5.93. The summed E-state index contributed by atoms with van der Waals surface area (Å²) in [6, 6.07) is 13.8. The molecule has 25 heavy (non-hydrogen) atoms. The summed E-state index contributed by atoms with van der Waals surface area (Å²) in [4.78, 5) is 18.4. The highest BCUT2D eigenvalue weighted by Gasteiger charge is 2.19. The molecule has 5 nitrogen and oxygen atoms in total. The number of carbonyl (C=O) groups is 1. The van der Waals surface area contributed by atoms with Crippen LogP contribution in [0, 0.1) is 0 Å². The second-order valence-corrected chi connectivity index (χ2v) is 6.96. The molecule has 0 spiro atoms. The third-order valence-electron chi connectivity index (χ3n) is 4.20. The normalized spacial score (nSPS) is 13.6. The number of amides is 2. The molecule has 128 valence electrons. The Hall–Kier alpha value is -2.60. The van der Waals surface area contributed by atoms with Crippen molar-refractivity contribution in [1.29, 1.82) is 0 Å². The first-order valence-corrected chi connectivity index (χ1v) is 9.24. The monoisotopic (exact) mass is 353 g/mol. The number of ether oxygens (including phenoxy) is 1. The third-order valence-corrected chi connectivity index (χ3v) is 5.26. The van der Waals surface area contributed by atoms with Crippen molar-refractivity contribution in [3.63, 3.8) is 0 Å². The molecule has 0 saturated carbocycles. The lowest BCUT2D eigenvalue weighted by atomic mass is 10.2. The summed E-state index contributed by atoms with van der Waals surface area (Å²) in [6.45, 7) is 4.32. The number of urea groups is 1. The molecule has 0 unspecified atom stereocenters. The first-order valence-electron chi connectivity index (χ1n) is 8.42. The fourth-order valence-corrected chi connectivity index (χ4v) is 3.70. The van der Waals surface area contributed by atoms with Gasteiger partial charge >= 0.3 is 6.03 Å². The van der Waals surface area contributed by atoms with Gasteiger partial charge in [-0.15, -0.1) is 11.3 Å². The van der Waals surface area contributed by atoms with Crippen molar-refractivity contribution in [2.75, 3.05) is 25.0 Å². The number of aromatic nitrogens is 1. The Labute approximate surface area is 150 Å². The predicted molar refractivity (Wildman–Crippen MR) is 101 cm³/mol. The molecule has 2 aromatic carbocycles. The highest BCUT2D eigenvalue weighted by molar-refractivity contribution is 7.21. The molecular weight excluding hydrogens is 334 g/mol. The molecule has 0 aliphatic carbocycles. The van der Waals surface area contributed by atoms with Crippen LogP contribution >= 0.6 is 11.3 Å². The summed E-state index contributed by atoms with van der Waals surface area (Å²) in [5, 5.41) is 3.89. The molecule has 1 aromatic heterocycles. The number of hydrogen-bond acceptors (Lipinski definition) is 4. The van der Waals surface area contributed by atoms with Gasteiger partial charge in [0.25, 0.3) is 0 Å². The zero-order chi connectivity index (χ0) is 17.2. The van der Waals surface area contributed by atoms with Crippen LogP contribution in [0.5, 0.6) is 5.75 Å². The van der Waals surface area contributed by atoms with E-state index < -0.39 is 0 Å². The van der Waals surface area contributed by atoms with E-state index in [0.717, 1.165) is 51.7 Å². The number of carbonyl (C=O) groups excluding carboxylic acids is 1. The summed E-state index contributed by atoms with van der Waals surface area (Å²) < 4.78 is 6.66. The zero-order valence-electron chi connectivity index (χ0n) is 14.0. The van der Waals surface area contributed by atoms with Crippen molar-refractivity contribution in [2.24, 2.45) is 0 Å². The Morgan fingerprint density at radius 1 is 1.24 bits per heavy atom. The van der Waals surface area contributed by atoms with Crippen molar-refractivity contribution in [2.45, 2.75) is 13.3 Å². The highest BCUT2D eigenvalue weighted by Crippen LogP contribution is 2.32. The van der Waals surface area contributed by atoms with Gasteiger partial charge in [-0.2, -0.15) is 0 Å². The third kappa shape index (κ3) is 3.30. The van der Waals surface area contributed by atoms with E-state index in [-0.39, 0.29) is 6.03 Å². The molecule has 1 N–H and O–H groups in total. The summed E-state index contributed by atoms with van der Waals surface area (Å²) in [5.74, 6) is 0.870. The van der Waals surface area contributed by atoms with Gasteiger partial charge in [-0.3, -0.25) is 0 Å². The maximum Gasteiger partial charge on any atom is 0.321 e. The van der Waals surface area contributed by atoms with Crippen molar-refractivity contribution in [3.8, 4) is 16.3 Å². The Balaban J connectivity index is 1.52. The van der Waals surface area contributed by atoms with Gasteiger partial charge in [-0.05, 0) is 55.8 Å². The van der Waals surface area contributed by atoms with Crippen LogP contribution in [0.3, 0.4) is 0 Å². The molecule has 1 saturated heterocycles. The van der Waals surface area contributed by atoms with Gasteiger partial charge in [0.15, 0.2) is 0 Å². The Morgan fingerprint density at radius 3 is 2.72 bits per heavy atom. The van der Waals surface area contributed by atoms with Gasteiger partial charge in [-0.1, -0.05) is 0 Å². The second kappa shape index (κ2) is 6.72. The smallest absolute Gasteiger partial charge is 0.321 e. The molecule has 0 atom stereocenters. The molecule has 1 aliphatic heterocycles. The van der Waals surface area contributed by atoms with Gasteiger partial charge in [-0.25, -0.2) is 9.78 Å². The molecule has 1 fully saturated rings. The lowest BCUT2D eigenvalue weighted by Crippen LogP contribution is -2.44. The minimum atomic E-state index is -0.0255. The van der Waals surface area contributed by atoms with Gasteiger partial charge in [0, 0.05) is 24.3 Å². The Kier molecular flexibility index (Phi) is 4.28. The molecule has 2 heterocycles. The first kappa shape index (κ1) is 15.9. The van der Waals surface area contributed by atoms with Gasteiger partial charge in [0.2, 0.25) is 0 Å². The standard InChI is InChI=1S/C19H19N3O2S/c1-2-24-15-8-9-16-17(12-15)25-18(21-16)13-4-6-14(7-5-13)20-19(23)22-10-3-11-22/h4-9,12H,2-3,10-11H2,1H3,(H,20,23). The van der Waals surface area contributed by atoms with Crippen LogP contribution in [0.1, 0.15) is 13.3 Å². The maximum absolute atomic E-state index is 11.9. The van der Waals surface area contributed by atoms with Crippen molar-refractivity contribution in [3.05, 3.63) is 42.5 Å². The van der Waals surface area contributed by atoms with E-state index >= 15 is 0 Å². The van der Waals surface area contributed by atoms with E-state index in [1.807, 2.05) is 49.4 Å². The lowest BCUT2D eigenvalue weighted by Gasteiger charge is -2.30. The number of hydrogen-bond donors (Lipinski definition) is 1. The summed E-state index contributed by atoms with van der Waals surface area (Å²) in [5.41, 5.74) is 2.82. The van der Waals surface area contributed by atoms with Crippen LogP contribution in [0.2, 0.25) is 0 Å². The average molecular weight is 353 g/mol. The minimum Gasteiger partial charge on any atom is -0.494 e. The quantitative estimate of drug-likeness (QED) is 0.746. The summed E-state index contributed by atoms with van der Waals surface area (Å²) in [7, 11) is 0. The topological polar surface area (TPSA) is 54.5 Å². The van der Waals surface area contributed by atoms with Crippen LogP contribution in [0.15, 0.2) is 42.5 Å².